The Morgan fingerprint density at radius 1 is 1.50 bits per heavy atom. The molecule has 0 aliphatic heterocycles. The van der Waals surface area contributed by atoms with Crippen molar-refractivity contribution in [2.24, 2.45) is 0 Å². The average molecular weight is 273 g/mol. The Balaban J connectivity index is 1.83. The van der Waals surface area contributed by atoms with Gasteiger partial charge in [0, 0.05) is 12.1 Å². The highest BCUT2D eigenvalue weighted by molar-refractivity contribution is 5.76. The van der Waals surface area contributed by atoms with E-state index in [2.05, 4.69) is 10.3 Å². The van der Waals surface area contributed by atoms with Crippen molar-refractivity contribution >= 4 is 11.6 Å². The average Bonchev–Trinajstić information content (AvgIpc) is 2.83. The molecule has 1 aromatic heterocycles. The third-order valence-corrected chi connectivity index (χ3v) is 2.98. The second-order valence-electron chi connectivity index (χ2n) is 4.84. The first-order valence-electron chi connectivity index (χ1n) is 6.60. The molecule has 20 heavy (non-hydrogen) atoms. The van der Waals surface area contributed by atoms with Gasteiger partial charge >= 0.3 is 0 Å². The molecule has 0 saturated carbocycles. The van der Waals surface area contributed by atoms with Gasteiger partial charge in [0.05, 0.1) is 6.20 Å². The maximum absolute atomic E-state index is 11.9. The number of carbonyl (C=O) groups is 1. The van der Waals surface area contributed by atoms with Crippen LogP contribution in [0, 0.1) is 6.92 Å². The molecule has 0 spiro atoms. The van der Waals surface area contributed by atoms with E-state index >= 15 is 0 Å². The van der Waals surface area contributed by atoms with E-state index < -0.39 is 0 Å². The monoisotopic (exact) mass is 273 g/mol. The maximum atomic E-state index is 11.9. The van der Waals surface area contributed by atoms with Crippen molar-refractivity contribution in [3.05, 3.63) is 47.7 Å². The van der Waals surface area contributed by atoms with Gasteiger partial charge in [-0.25, -0.2) is 4.98 Å². The van der Waals surface area contributed by atoms with Gasteiger partial charge in [-0.15, -0.1) is 0 Å². The first-order valence-corrected chi connectivity index (χ1v) is 6.60. The largest absolute Gasteiger partial charge is 0.444 e. The summed E-state index contributed by atoms with van der Waals surface area (Å²) < 4.78 is 5.38. The smallest absolute Gasteiger partial charge is 0.220 e. The molecule has 106 valence electrons. The van der Waals surface area contributed by atoms with Crippen LogP contribution in [0.1, 0.15) is 36.6 Å². The zero-order valence-corrected chi connectivity index (χ0v) is 11.7. The highest BCUT2D eigenvalue weighted by atomic mass is 16.4. The SMILES string of the molecule is Cc1cnc(C(C)NC(=O)CCc2cccc(N)c2)o1. The Morgan fingerprint density at radius 3 is 2.95 bits per heavy atom. The summed E-state index contributed by atoms with van der Waals surface area (Å²) in [5.74, 6) is 1.23. The van der Waals surface area contributed by atoms with Gasteiger partial charge in [-0.3, -0.25) is 4.79 Å². The van der Waals surface area contributed by atoms with E-state index in [9.17, 15) is 4.79 Å². The molecular weight excluding hydrogens is 254 g/mol. The highest BCUT2D eigenvalue weighted by Gasteiger charge is 2.14. The zero-order chi connectivity index (χ0) is 14.5. The number of rotatable bonds is 5. The van der Waals surface area contributed by atoms with E-state index in [0.717, 1.165) is 11.3 Å². The molecule has 5 nitrogen and oxygen atoms in total. The normalized spacial score (nSPS) is 12.1. The summed E-state index contributed by atoms with van der Waals surface area (Å²) in [6.45, 7) is 3.68. The van der Waals surface area contributed by atoms with E-state index in [1.54, 1.807) is 6.20 Å². The second kappa shape index (κ2) is 6.23. The molecule has 1 heterocycles. The van der Waals surface area contributed by atoms with Gasteiger partial charge in [0.2, 0.25) is 11.8 Å². The van der Waals surface area contributed by atoms with Crippen molar-refractivity contribution in [1.82, 2.24) is 10.3 Å². The van der Waals surface area contributed by atoms with E-state index in [1.807, 2.05) is 38.1 Å². The van der Waals surface area contributed by atoms with Crippen LogP contribution in [-0.4, -0.2) is 10.9 Å². The number of anilines is 1. The van der Waals surface area contributed by atoms with E-state index in [-0.39, 0.29) is 11.9 Å². The van der Waals surface area contributed by atoms with Crippen LogP contribution in [-0.2, 0) is 11.2 Å². The number of carbonyl (C=O) groups excluding carboxylic acids is 1. The van der Waals surface area contributed by atoms with Crippen molar-refractivity contribution < 1.29 is 9.21 Å². The van der Waals surface area contributed by atoms with Gasteiger partial charge in [0.15, 0.2) is 0 Å². The summed E-state index contributed by atoms with van der Waals surface area (Å²) in [5, 5.41) is 2.87. The summed E-state index contributed by atoms with van der Waals surface area (Å²) >= 11 is 0. The molecule has 0 saturated heterocycles. The summed E-state index contributed by atoms with van der Waals surface area (Å²) in [6.07, 6.45) is 2.71. The van der Waals surface area contributed by atoms with E-state index in [0.29, 0.717) is 24.4 Å². The molecule has 1 aromatic carbocycles. The number of aromatic nitrogens is 1. The van der Waals surface area contributed by atoms with Crippen LogP contribution < -0.4 is 11.1 Å². The fourth-order valence-electron chi connectivity index (χ4n) is 1.95. The van der Waals surface area contributed by atoms with Crippen LogP contribution in [0.5, 0.6) is 0 Å². The number of benzene rings is 1. The van der Waals surface area contributed by atoms with Gasteiger partial charge in [-0.1, -0.05) is 12.1 Å². The van der Waals surface area contributed by atoms with E-state index in [1.165, 1.54) is 0 Å². The molecule has 2 aromatic rings. The van der Waals surface area contributed by atoms with Crippen molar-refractivity contribution in [3.8, 4) is 0 Å². The molecule has 0 bridgehead atoms. The van der Waals surface area contributed by atoms with Crippen molar-refractivity contribution in [1.29, 1.82) is 0 Å². The van der Waals surface area contributed by atoms with Crippen LogP contribution in [0.15, 0.2) is 34.9 Å². The molecule has 3 N–H and O–H groups in total. The molecule has 0 aliphatic carbocycles. The quantitative estimate of drug-likeness (QED) is 0.819. The third-order valence-electron chi connectivity index (χ3n) is 2.98. The first-order chi connectivity index (χ1) is 9.54. The Hall–Kier alpha value is -2.30. The molecule has 0 aliphatic rings. The summed E-state index contributed by atoms with van der Waals surface area (Å²) in [4.78, 5) is 16.0. The fraction of sp³-hybridized carbons (Fsp3) is 0.333. The predicted octanol–water partition coefficient (Wildman–Crippen LogP) is 2.38. The summed E-state index contributed by atoms with van der Waals surface area (Å²) in [7, 11) is 0. The number of nitrogens with two attached hydrogens (primary N) is 1. The minimum atomic E-state index is -0.225. The number of hydrogen-bond acceptors (Lipinski definition) is 4. The molecule has 1 amide bonds. The van der Waals surface area contributed by atoms with Crippen LogP contribution in [0.4, 0.5) is 5.69 Å². The van der Waals surface area contributed by atoms with Crippen LogP contribution >= 0.6 is 0 Å². The zero-order valence-electron chi connectivity index (χ0n) is 11.7. The number of oxazole rings is 1. The lowest BCUT2D eigenvalue weighted by Crippen LogP contribution is -2.27. The van der Waals surface area contributed by atoms with Crippen molar-refractivity contribution in [3.63, 3.8) is 0 Å². The van der Waals surface area contributed by atoms with Gasteiger partial charge in [0.25, 0.3) is 0 Å². The number of aryl methyl sites for hydroxylation is 2. The minimum absolute atomic E-state index is 0.0317. The minimum Gasteiger partial charge on any atom is -0.444 e. The van der Waals surface area contributed by atoms with Crippen molar-refractivity contribution in [2.75, 3.05) is 5.73 Å². The number of nitrogens with one attached hydrogen (secondary N) is 1. The van der Waals surface area contributed by atoms with Crippen LogP contribution in [0.2, 0.25) is 0 Å². The summed E-state index contributed by atoms with van der Waals surface area (Å²) in [6, 6.07) is 7.34. The predicted molar refractivity (Wildman–Crippen MR) is 77.0 cm³/mol. The number of hydrogen-bond donors (Lipinski definition) is 2. The summed E-state index contributed by atoms with van der Waals surface area (Å²) in [5.41, 5.74) is 7.47. The Labute approximate surface area is 118 Å². The molecule has 0 radical (unpaired) electrons. The lowest BCUT2D eigenvalue weighted by atomic mass is 10.1. The van der Waals surface area contributed by atoms with Gasteiger partial charge in [-0.05, 0) is 38.0 Å². The Morgan fingerprint density at radius 2 is 2.30 bits per heavy atom. The Bertz CT molecular complexity index is 592. The second-order valence-corrected chi connectivity index (χ2v) is 4.84. The Kier molecular flexibility index (Phi) is 4.40. The van der Waals surface area contributed by atoms with Crippen molar-refractivity contribution in [2.45, 2.75) is 32.7 Å². The number of amides is 1. The molecule has 1 atom stereocenters. The molecule has 5 heteroatoms. The first kappa shape index (κ1) is 14.1. The van der Waals surface area contributed by atoms with Crippen LogP contribution in [0.3, 0.4) is 0 Å². The lowest BCUT2D eigenvalue weighted by Gasteiger charge is -2.10. The highest BCUT2D eigenvalue weighted by Crippen LogP contribution is 2.13. The number of nitrogens with zero attached hydrogens (tertiary/aromatic N) is 1. The van der Waals surface area contributed by atoms with Crippen LogP contribution in [0.25, 0.3) is 0 Å². The van der Waals surface area contributed by atoms with Gasteiger partial charge < -0.3 is 15.5 Å². The molecular formula is C15H19N3O2. The molecule has 0 fully saturated rings. The molecule has 1 unspecified atom stereocenters. The maximum Gasteiger partial charge on any atom is 0.220 e. The fourth-order valence-corrected chi connectivity index (χ4v) is 1.95. The van der Waals surface area contributed by atoms with Gasteiger partial charge in [-0.2, -0.15) is 0 Å². The third kappa shape index (κ3) is 3.85. The topological polar surface area (TPSA) is 81.2 Å². The van der Waals surface area contributed by atoms with Gasteiger partial charge in [0.1, 0.15) is 11.8 Å². The standard InChI is InChI=1S/C15H19N3O2/c1-10-9-17-15(20-10)11(2)18-14(19)7-6-12-4-3-5-13(16)8-12/h3-5,8-9,11H,6-7,16H2,1-2H3,(H,18,19). The number of nitrogen functional groups attached to an aromatic ring is 1. The van der Waals surface area contributed by atoms with E-state index in [4.69, 9.17) is 10.2 Å². The lowest BCUT2D eigenvalue weighted by molar-refractivity contribution is -0.121. The molecule has 2 rings (SSSR count).